The van der Waals surface area contributed by atoms with E-state index in [1.165, 1.54) is 6.33 Å². The van der Waals surface area contributed by atoms with E-state index in [-0.39, 0.29) is 0 Å². The van der Waals surface area contributed by atoms with Crippen molar-refractivity contribution < 1.29 is 0 Å². The van der Waals surface area contributed by atoms with Crippen molar-refractivity contribution in [2.24, 2.45) is 0 Å². The number of nitrogens with one attached hydrogen (secondary N) is 1. The highest BCUT2D eigenvalue weighted by atomic mass is 35.5. The Hall–Kier alpha value is -2.60. The lowest BCUT2D eigenvalue weighted by atomic mass is 10.2. The third-order valence-electron chi connectivity index (χ3n) is 3.59. The van der Waals surface area contributed by atoms with Crippen LogP contribution in [0.25, 0.3) is 5.82 Å². The van der Waals surface area contributed by atoms with Crippen LogP contribution in [0.2, 0.25) is 5.02 Å². The Labute approximate surface area is 139 Å². The molecule has 0 saturated heterocycles. The van der Waals surface area contributed by atoms with E-state index in [0.717, 1.165) is 22.6 Å². The van der Waals surface area contributed by atoms with E-state index in [0.29, 0.717) is 22.3 Å². The van der Waals surface area contributed by atoms with Gasteiger partial charge in [0.2, 0.25) is 0 Å². The first-order chi connectivity index (χ1) is 11.0. The van der Waals surface area contributed by atoms with Crippen LogP contribution in [0, 0.1) is 20.8 Å². The zero-order chi connectivity index (χ0) is 16.6. The molecule has 0 aliphatic carbocycles. The minimum atomic E-state index is 0.429. The first-order valence-electron chi connectivity index (χ1n) is 7.13. The largest absolute Gasteiger partial charge is 0.393 e. The van der Waals surface area contributed by atoms with E-state index in [4.69, 9.17) is 17.3 Å². The molecule has 3 rings (SSSR count). The fourth-order valence-electron chi connectivity index (χ4n) is 2.37. The van der Waals surface area contributed by atoms with Crippen molar-refractivity contribution in [2.45, 2.75) is 20.8 Å². The van der Waals surface area contributed by atoms with E-state index in [9.17, 15) is 0 Å². The van der Waals surface area contributed by atoms with E-state index >= 15 is 0 Å². The molecule has 23 heavy (non-hydrogen) atoms. The molecule has 0 amide bonds. The quantitative estimate of drug-likeness (QED) is 0.768. The van der Waals surface area contributed by atoms with Gasteiger partial charge < -0.3 is 11.1 Å². The molecule has 2 heterocycles. The van der Waals surface area contributed by atoms with Crippen molar-refractivity contribution >= 4 is 28.8 Å². The predicted octanol–water partition coefficient (Wildman–Crippen LogP) is 3.57. The van der Waals surface area contributed by atoms with Crippen LogP contribution in [-0.2, 0) is 0 Å². The van der Waals surface area contributed by atoms with Crippen LogP contribution in [-0.4, -0.2) is 19.7 Å². The topological polar surface area (TPSA) is 81.7 Å². The van der Waals surface area contributed by atoms with Crippen LogP contribution < -0.4 is 11.1 Å². The van der Waals surface area contributed by atoms with Gasteiger partial charge in [0.15, 0.2) is 11.6 Å². The van der Waals surface area contributed by atoms with Crippen molar-refractivity contribution in [3.05, 3.63) is 52.6 Å². The number of aromatic nitrogens is 4. The third kappa shape index (κ3) is 2.85. The first kappa shape index (κ1) is 15.3. The maximum atomic E-state index is 6.25. The van der Waals surface area contributed by atoms with Gasteiger partial charge in [0.05, 0.1) is 5.69 Å². The molecule has 0 aliphatic rings. The number of anilines is 3. The number of nitrogens with zero attached hydrogens (tertiary/aromatic N) is 4. The summed E-state index contributed by atoms with van der Waals surface area (Å²) >= 11 is 6.15. The second kappa shape index (κ2) is 5.89. The predicted molar refractivity (Wildman–Crippen MR) is 92.5 cm³/mol. The van der Waals surface area contributed by atoms with Crippen molar-refractivity contribution in [3.8, 4) is 5.82 Å². The molecule has 0 unspecified atom stereocenters. The number of rotatable bonds is 3. The molecule has 2 aromatic heterocycles. The minimum Gasteiger partial charge on any atom is -0.393 e. The van der Waals surface area contributed by atoms with Gasteiger partial charge in [0.1, 0.15) is 12.0 Å². The molecular formula is C16H17ClN6. The lowest BCUT2D eigenvalue weighted by Gasteiger charge is -2.14. The summed E-state index contributed by atoms with van der Waals surface area (Å²) in [5.41, 5.74) is 10.3. The molecule has 0 atom stereocenters. The summed E-state index contributed by atoms with van der Waals surface area (Å²) in [5.74, 6) is 1.07. The minimum absolute atomic E-state index is 0.429. The summed E-state index contributed by atoms with van der Waals surface area (Å²) in [7, 11) is 0. The molecule has 3 N–H and O–H groups in total. The highest BCUT2D eigenvalue weighted by Crippen LogP contribution is 2.29. The molecule has 0 spiro atoms. The Morgan fingerprint density at radius 2 is 1.96 bits per heavy atom. The monoisotopic (exact) mass is 328 g/mol. The van der Waals surface area contributed by atoms with Gasteiger partial charge in [-0.3, -0.25) is 0 Å². The molecule has 0 bridgehead atoms. The molecule has 0 aliphatic heterocycles. The Balaban J connectivity index is 2.03. The molecule has 1 aromatic carbocycles. The molecule has 0 fully saturated rings. The summed E-state index contributed by atoms with van der Waals surface area (Å²) in [5, 5.41) is 8.32. The van der Waals surface area contributed by atoms with Crippen LogP contribution in [0.15, 0.2) is 30.6 Å². The van der Waals surface area contributed by atoms with Gasteiger partial charge in [0, 0.05) is 16.4 Å². The zero-order valence-electron chi connectivity index (χ0n) is 13.1. The summed E-state index contributed by atoms with van der Waals surface area (Å²) in [6.45, 7) is 5.81. The molecule has 118 valence electrons. The number of nitrogens with two attached hydrogens (primary N) is 1. The standard InChI is InChI=1S/C16H17ClN6/c1-9-7-10(2)23(22-9)16-14(18)15(19-8-20-16)21-13-6-4-5-12(17)11(13)3/h4-8H,18H2,1-3H3,(H,19,20,21). The van der Waals surface area contributed by atoms with Crippen LogP contribution in [0.3, 0.4) is 0 Å². The fourth-order valence-corrected chi connectivity index (χ4v) is 2.54. The van der Waals surface area contributed by atoms with E-state index < -0.39 is 0 Å². The summed E-state index contributed by atoms with van der Waals surface area (Å²) in [6.07, 6.45) is 1.46. The van der Waals surface area contributed by atoms with Crippen molar-refractivity contribution in [2.75, 3.05) is 11.1 Å². The number of halogens is 1. The van der Waals surface area contributed by atoms with E-state index in [1.807, 2.05) is 45.0 Å². The maximum absolute atomic E-state index is 6.25. The van der Waals surface area contributed by atoms with Crippen LogP contribution in [0.1, 0.15) is 17.0 Å². The number of aryl methyl sites for hydroxylation is 2. The first-order valence-corrected chi connectivity index (χ1v) is 7.51. The third-order valence-corrected chi connectivity index (χ3v) is 4.00. The van der Waals surface area contributed by atoms with Crippen LogP contribution >= 0.6 is 11.6 Å². The zero-order valence-corrected chi connectivity index (χ0v) is 13.9. The maximum Gasteiger partial charge on any atom is 0.182 e. The summed E-state index contributed by atoms with van der Waals surface area (Å²) in [6, 6.07) is 7.60. The molecule has 7 heteroatoms. The number of nitrogen functional groups attached to an aromatic ring is 1. The average molecular weight is 329 g/mol. The summed E-state index contributed by atoms with van der Waals surface area (Å²) in [4.78, 5) is 8.50. The van der Waals surface area contributed by atoms with Gasteiger partial charge in [-0.25, -0.2) is 14.6 Å². The second-order valence-electron chi connectivity index (χ2n) is 5.34. The molecule has 0 radical (unpaired) electrons. The smallest absolute Gasteiger partial charge is 0.182 e. The average Bonchev–Trinajstić information content (AvgIpc) is 2.84. The van der Waals surface area contributed by atoms with E-state index in [1.54, 1.807) is 4.68 Å². The van der Waals surface area contributed by atoms with Gasteiger partial charge in [-0.05, 0) is 44.5 Å². The van der Waals surface area contributed by atoms with Crippen molar-refractivity contribution in [1.82, 2.24) is 19.7 Å². The van der Waals surface area contributed by atoms with Gasteiger partial charge >= 0.3 is 0 Å². The van der Waals surface area contributed by atoms with Gasteiger partial charge in [-0.2, -0.15) is 5.10 Å². The van der Waals surface area contributed by atoms with Gasteiger partial charge in [-0.1, -0.05) is 17.7 Å². The highest BCUT2D eigenvalue weighted by Gasteiger charge is 2.14. The second-order valence-corrected chi connectivity index (χ2v) is 5.74. The van der Waals surface area contributed by atoms with Crippen molar-refractivity contribution in [1.29, 1.82) is 0 Å². The molecule has 3 aromatic rings. The Kier molecular flexibility index (Phi) is 3.92. The van der Waals surface area contributed by atoms with Gasteiger partial charge in [0.25, 0.3) is 0 Å². The molecular weight excluding hydrogens is 312 g/mol. The highest BCUT2D eigenvalue weighted by molar-refractivity contribution is 6.31. The lowest BCUT2D eigenvalue weighted by Crippen LogP contribution is -2.10. The lowest BCUT2D eigenvalue weighted by molar-refractivity contribution is 0.804. The Morgan fingerprint density at radius 3 is 2.65 bits per heavy atom. The Morgan fingerprint density at radius 1 is 1.17 bits per heavy atom. The van der Waals surface area contributed by atoms with Crippen LogP contribution in [0.4, 0.5) is 17.2 Å². The number of hydrogen-bond donors (Lipinski definition) is 2. The number of benzene rings is 1. The molecule has 6 nitrogen and oxygen atoms in total. The normalized spacial score (nSPS) is 10.8. The Bertz CT molecular complexity index is 871. The molecule has 0 saturated carbocycles. The van der Waals surface area contributed by atoms with Crippen molar-refractivity contribution in [3.63, 3.8) is 0 Å². The fraction of sp³-hybridized carbons (Fsp3) is 0.188. The summed E-state index contributed by atoms with van der Waals surface area (Å²) < 4.78 is 1.71. The SMILES string of the molecule is Cc1cc(C)n(-c2ncnc(Nc3cccc(Cl)c3C)c2N)n1. The van der Waals surface area contributed by atoms with Crippen LogP contribution in [0.5, 0.6) is 0 Å². The number of hydrogen-bond acceptors (Lipinski definition) is 5. The van der Waals surface area contributed by atoms with E-state index in [2.05, 4.69) is 20.4 Å². The van der Waals surface area contributed by atoms with Gasteiger partial charge in [-0.15, -0.1) is 0 Å².